The molecule has 0 saturated carbocycles. The standard InChI is InChI=1S/C36H49N7O8/c1-36(2,3)31-35(50)43-20-25(44)18-28(43)34(49)41-26(17-22-9-11-24(12-10-22)23-7-5-4-6-8-23)32(47)38-14-13-29(45)40-27(19-37)33(48)39-15-16-51-21-30(46)42-31/h4-12,25-28,31,44H,13-21,37H2,1-3H3,(H,38,47)(H,39,48)(H,40,45)(H,41,49)(H,42,46)/t25-,26-,27-,28+,31-/m1/s1. The second kappa shape index (κ2) is 17.9. The highest BCUT2D eigenvalue weighted by atomic mass is 16.5. The zero-order valence-electron chi connectivity index (χ0n) is 29.3. The predicted molar refractivity (Wildman–Crippen MR) is 187 cm³/mol. The summed E-state index contributed by atoms with van der Waals surface area (Å²) < 4.78 is 5.40. The first kappa shape index (κ1) is 38.9. The molecule has 0 bridgehead atoms. The summed E-state index contributed by atoms with van der Waals surface area (Å²) >= 11 is 0. The van der Waals surface area contributed by atoms with Crippen molar-refractivity contribution in [1.29, 1.82) is 0 Å². The molecule has 15 nitrogen and oxygen atoms in total. The van der Waals surface area contributed by atoms with Gasteiger partial charge in [0.25, 0.3) is 0 Å². The van der Waals surface area contributed by atoms with Crippen LogP contribution in [0.15, 0.2) is 54.6 Å². The van der Waals surface area contributed by atoms with E-state index in [4.69, 9.17) is 10.5 Å². The van der Waals surface area contributed by atoms with E-state index in [0.29, 0.717) is 0 Å². The van der Waals surface area contributed by atoms with Gasteiger partial charge in [-0.25, -0.2) is 0 Å². The largest absolute Gasteiger partial charge is 0.391 e. The minimum atomic E-state index is -1.12. The second-order valence-electron chi connectivity index (χ2n) is 13.8. The number of fused-ring (bicyclic) bond motifs is 1. The molecule has 0 spiro atoms. The van der Waals surface area contributed by atoms with Crippen LogP contribution in [-0.2, 0) is 39.9 Å². The molecule has 8 N–H and O–H groups in total. The van der Waals surface area contributed by atoms with Crippen LogP contribution in [0.2, 0.25) is 0 Å². The van der Waals surface area contributed by atoms with E-state index >= 15 is 0 Å². The number of nitrogens with one attached hydrogen (secondary N) is 5. The average Bonchev–Trinajstić information content (AvgIpc) is 3.50. The molecule has 2 aliphatic heterocycles. The van der Waals surface area contributed by atoms with E-state index in [0.717, 1.165) is 16.7 Å². The van der Waals surface area contributed by atoms with Crippen molar-refractivity contribution in [2.45, 2.75) is 70.3 Å². The molecule has 51 heavy (non-hydrogen) atoms. The van der Waals surface area contributed by atoms with E-state index in [-0.39, 0.29) is 52.0 Å². The van der Waals surface area contributed by atoms with Gasteiger partial charge in [-0.15, -0.1) is 0 Å². The van der Waals surface area contributed by atoms with Gasteiger partial charge in [0, 0.05) is 45.4 Å². The predicted octanol–water partition coefficient (Wildman–Crippen LogP) is -1.03. The van der Waals surface area contributed by atoms with Crippen LogP contribution in [0.25, 0.3) is 11.1 Å². The normalized spacial score (nSPS) is 25.3. The zero-order valence-corrected chi connectivity index (χ0v) is 29.3. The highest BCUT2D eigenvalue weighted by Crippen LogP contribution is 2.26. The van der Waals surface area contributed by atoms with Gasteiger partial charge in [0.2, 0.25) is 35.4 Å². The van der Waals surface area contributed by atoms with Crippen molar-refractivity contribution in [3.8, 4) is 11.1 Å². The molecule has 0 radical (unpaired) electrons. The number of carbonyl (C=O) groups is 6. The number of amides is 6. The highest BCUT2D eigenvalue weighted by Gasteiger charge is 2.45. The summed E-state index contributed by atoms with van der Waals surface area (Å²) in [5.74, 6) is -3.48. The molecule has 0 aliphatic carbocycles. The molecule has 2 aromatic carbocycles. The Bertz CT molecular complexity index is 1550. The minimum Gasteiger partial charge on any atom is -0.391 e. The molecule has 2 saturated heterocycles. The first-order chi connectivity index (χ1) is 24.3. The topological polar surface area (TPSA) is 221 Å². The monoisotopic (exact) mass is 707 g/mol. The summed E-state index contributed by atoms with van der Waals surface area (Å²) in [6.07, 6.45) is -1.17. The van der Waals surface area contributed by atoms with Crippen LogP contribution in [0.3, 0.4) is 0 Å². The molecule has 5 atom stereocenters. The van der Waals surface area contributed by atoms with Crippen molar-refractivity contribution in [2.75, 3.05) is 39.4 Å². The molecular weight excluding hydrogens is 658 g/mol. The number of nitrogens with two attached hydrogens (primary N) is 1. The minimum absolute atomic E-state index is 0.0228. The smallest absolute Gasteiger partial charge is 0.246 e. The first-order valence-corrected chi connectivity index (χ1v) is 17.1. The third-order valence-electron chi connectivity index (χ3n) is 8.73. The van der Waals surface area contributed by atoms with Gasteiger partial charge in [-0.1, -0.05) is 75.4 Å². The fraction of sp³-hybridized carbons (Fsp3) is 0.500. The van der Waals surface area contributed by atoms with Crippen molar-refractivity contribution in [3.05, 3.63) is 60.2 Å². The van der Waals surface area contributed by atoms with Crippen LogP contribution in [0.1, 0.15) is 39.2 Å². The highest BCUT2D eigenvalue weighted by molar-refractivity contribution is 5.95. The van der Waals surface area contributed by atoms with E-state index in [1.165, 1.54) is 4.90 Å². The summed E-state index contributed by atoms with van der Waals surface area (Å²) in [7, 11) is 0. The lowest BCUT2D eigenvalue weighted by Crippen LogP contribution is -2.59. The number of nitrogens with zero attached hydrogens (tertiary/aromatic N) is 1. The lowest BCUT2D eigenvalue weighted by Gasteiger charge is -2.35. The van der Waals surface area contributed by atoms with Crippen LogP contribution in [0, 0.1) is 5.41 Å². The van der Waals surface area contributed by atoms with Crippen molar-refractivity contribution in [3.63, 3.8) is 0 Å². The van der Waals surface area contributed by atoms with Gasteiger partial charge in [-0.3, -0.25) is 28.8 Å². The third kappa shape index (κ3) is 11.1. The number of rotatable bonds is 4. The summed E-state index contributed by atoms with van der Waals surface area (Å²) in [5.41, 5.74) is 7.63. The maximum absolute atomic E-state index is 14.0. The van der Waals surface area contributed by atoms with E-state index in [1.807, 2.05) is 54.6 Å². The van der Waals surface area contributed by atoms with Gasteiger partial charge < -0.3 is 47.1 Å². The lowest BCUT2D eigenvalue weighted by molar-refractivity contribution is -0.145. The molecular formula is C36H49N7O8. The Morgan fingerprint density at radius 2 is 1.45 bits per heavy atom. The zero-order chi connectivity index (χ0) is 37.1. The molecule has 6 amide bonds. The molecule has 276 valence electrons. The van der Waals surface area contributed by atoms with Gasteiger partial charge in [0.05, 0.1) is 12.7 Å². The Balaban J connectivity index is 1.60. The Morgan fingerprint density at radius 3 is 2.12 bits per heavy atom. The van der Waals surface area contributed by atoms with Crippen LogP contribution in [0.4, 0.5) is 0 Å². The number of carbonyl (C=O) groups excluding carboxylic acids is 6. The Morgan fingerprint density at radius 1 is 0.804 bits per heavy atom. The van der Waals surface area contributed by atoms with E-state index in [2.05, 4.69) is 26.6 Å². The van der Waals surface area contributed by atoms with Crippen molar-refractivity contribution in [2.24, 2.45) is 11.1 Å². The van der Waals surface area contributed by atoms with Gasteiger partial charge >= 0.3 is 0 Å². The van der Waals surface area contributed by atoms with Crippen LogP contribution in [0.5, 0.6) is 0 Å². The summed E-state index contributed by atoms with van der Waals surface area (Å²) in [6, 6.07) is 12.9. The maximum Gasteiger partial charge on any atom is 0.246 e. The Kier molecular flexibility index (Phi) is 13.6. The molecule has 0 aromatic heterocycles. The number of aliphatic hydroxyl groups excluding tert-OH is 1. The molecule has 0 unspecified atom stereocenters. The summed E-state index contributed by atoms with van der Waals surface area (Å²) in [4.78, 5) is 80.8. The van der Waals surface area contributed by atoms with Crippen LogP contribution < -0.4 is 32.3 Å². The van der Waals surface area contributed by atoms with Crippen LogP contribution >= 0.6 is 0 Å². The van der Waals surface area contributed by atoms with Gasteiger partial charge in [-0.05, 0) is 22.1 Å². The molecule has 2 aliphatic rings. The molecule has 15 heteroatoms. The van der Waals surface area contributed by atoms with Crippen molar-refractivity contribution in [1.82, 2.24) is 31.5 Å². The number of ether oxygens (including phenoxy) is 1. The Labute approximate surface area is 297 Å². The molecule has 4 rings (SSSR count). The molecule has 2 aromatic rings. The number of hydrogen-bond donors (Lipinski definition) is 7. The number of hydrogen-bond acceptors (Lipinski definition) is 9. The number of aliphatic hydroxyl groups is 1. The van der Waals surface area contributed by atoms with E-state index in [1.54, 1.807) is 20.8 Å². The Hall–Kier alpha value is -4.86. The van der Waals surface area contributed by atoms with Gasteiger partial charge in [-0.2, -0.15) is 0 Å². The fourth-order valence-electron chi connectivity index (χ4n) is 5.95. The van der Waals surface area contributed by atoms with Gasteiger partial charge in [0.15, 0.2) is 0 Å². The van der Waals surface area contributed by atoms with Crippen molar-refractivity contribution < 1.29 is 38.6 Å². The SMILES string of the molecule is CC(C)(C)[C@@H]1NC(=O)COCCNC(=O)[C@@H](CN)NC(=O)CCNC(=O)[C@@H](Cc2ccc(-c3ccccc3)cc2)NC(=O)[C@@H]2C[C@@H](O)CN2C1=O. The third-order valence-corrected chi connectivity index (χ3v) is 8.73. The van der Waals surface area contributed by atoms with E-state index in [9.17, 15) is 33.9 Å². The first-order valence-electron chi connectivity index (χ1n) is 17.1. The summed E-state index contributed by atoms with van der Waals surface area (Å²) in [5, 5.41) is 23.9. The second-order valence-corrected chi connectivity index (χ2v) is 13.8. The fourth-order valence-corrected chi connectivity index (χ4v) is 5.95. The van der Waals surface area contributed by atoms with E-state index < -0.39 is 77.7 Å². The number of benzene rings is 2. The average molecular weight is 708 g/mol. The lowest BCUT2D eigenvalue weighted by atomic mass is 9.85. The van der Waals surface area contributed by atoms with Crippen LogP contribution in [-0.4, -0.2) is 115 Å². The molecule has 2 fully saturated rings. The maximum atomic E-state index is 14.0. The quantitative estimate of drug-likeness (QED) is 0.206. The molecule has 2 heterocycles. The van der Waals surface area contributed by atoms with Gasteiger partial charge in [0.1, 0.15) is 30.8 Å². The van der Waals surface area contributed by atoms with Crippen molar-refractivity contribution >= 4 is 35.4 Å². The summed E-state index contributed by atoms with van der Waals surface area (Å²) in [6.45, 7) is 4.42.